The number of fused-ring (bicyclic) bond motifs is 1. The number of nitrogens with two attached hydrogens (primary N) is 1. The summed E-state index contributed by atoms with van der Waals surface area (Å²) in [4.78, 5) is 11.1. The van der Waals surface area contributed by atoms with Crippen LogP contribution in [0.3, 0.4) is 0 Å². The maximum absolute atomic E-state index is 5.57. The minimum absolute atomic E-state index is 0.425. The van der Waals surface area contributed by atoms with Crippen molar-refractivity contribution >= 4 is 5.82 Å². The lowest BCUT2D eigenvalue weighted by atomic mass is 10.1. The molecule has 0 aliphatic carbocycles. The van der Waals surface area contributed by atoms with E-state index in [1.165, 1.54) is 11.3 Å². The van der Waals surface area contributed by atoms with E-state index in [1.54, 1.807) is 0 Å². The van der Waals surface area contributed by atoms with Crippen LogP contribution in [-0.2, 0) is 19.4 Å². The summed E-state index contributed by atoms with van der Waals surface area (Å²) in [5.74, 6) is 1.84. The lowest BCUT2D eigenvalue weighted by Gasteiger charge is -2.12. The van der Waals surface area contributed by atoms with Crippen LogP contribution in [0, 0.1) is 0 Å². The van der Waals surface area contributed by atoms with Crippen LogP contribution in [0.2, 0.25) is 0 Å². The molecule has 2 heterocycles. The van der Waals surface area contributed by atoms with Crippen LogP contribution in [0.15, 0.2) is 0 Å². The van der Waals surface area contributed by atoms with Gasteiger partial charge in [0.1, 0.15) is 11.6 Å². The molecule has 2 rings (SSSR count). The van der Waals surface area contributed by atoms with E-state index in [4.69, 9.17) is 5.73 Å². The molecule has 4 heteroatoms. The molecule has 0 saturated heterocycles. The van der Waals surface area contributed by atoms with Crippen molar-refractivity contribution in [1.29, 1.82) is 0 Å². The quantitative estimate of drug-likeness (QED) is 0.741. The van der Waals surface area contributed by atoms with Crippen molar-refractivity contribution in [3.05, 3.63) is 17.1 Å². The van der Waals surface area contributed by atoms with Gasteiger partial charge in [-0.2, -0.15) is 0 Å². The van der Waals surface area contributed by atoms with E-state index in [1.807, 2.05) is 0 Å². The number of likely N-dealkylation sites (N-methyl/N-ethyl adjacent to an activating group) is 1. The average molecular weight is 192 g/mol. The summed E-state index contributed by atoms with van der Waals surface area (Å²) >= 11 is 0. The van der Waals surface area contributed by atoms with Crippen LogP contribution in [0.25, 0.3) is 0 Å². The number of anilines is 1. The van der Waals surface area contributed by atoms with Gasteiger partial charge in [0, 0.05) is 24.8 Å². The second-order valence-electron chi connectivity index (χ2n) is 3.62. The molecular weight excluding hydrogens is 176 g/mol. The Balaban J connectivity index is 2.52. The Labute approximate surface area is 84.2 Å². The maximum atomic E-state index is 5.57. The molecule has 2 N–H and O–H groups in total. The van der Waals surface area contributed by atoms with Gasteiger partial charge in [-0.1, -0.05) is 6.92 Å². The third kappa shape index (κ3) is 1.35. The third-order valence-corrected chi connectivity index (χ3v) is 2.69. The van der Waals surface area contributed by atoms with Gasteiger partial charge in [-0.25, -0.2) is 9.97 Å². The smallest absolute Gasteiger partial charge is 0.144 e. The van der Waals surface area contributed by atoms with E-state index >= 15 is 0 Å². The summed E-state index contributed by atoms with van der Waals surface area (Å²) in [7, 11) is 2.07. The molecule has 14 heavy (non-hydrogen) atoms. The normalized spacial score (nSPS) is 14.6. The molecule has 4 nitrogen and oxygen atoms in total. The number of aryl methyl sites for hydroxylation is 1. The predicted octanol–water partition coefficient (Wildman–Crippen LogP) is 0.490. The Morgan fingerprint density at radius 3 is 2.86 bits per heavy atom. The molecular formula is C10H16N4. The molecule has 0 amide bonds. The van der Waals surface area contributed by atoms with Gasteiger partial charge in [-0.05, 0) is 12.8 Å². The topological polar surface area (TPSA) is 55.0 Å². The van der Waals surface area contributed by atoms with Crippen LogP contribution in [0.4, 0.5) is 5.82 Å². The van der Waals surface area contributed by atoms with Crippen molar-refractivity contribution < 1.29 is 0 Å². The van der Waals surface area contributed by atoms with Crippen molar-refractivity contribution in [3.8, 4) is 0 Å². The van der Waals surface area contributed by atoms with Crippen LogP contribution in [0.1, 0.15) is 24.0 Å². The van der Waals surface area contributed by atoms with Gasteiger partial charge in [0.25, 0.3) is 0 Å². The monoisotopic (exact) mass is 192 g/mol. The molecule has 0 bridgehead atoms. The van der Waals surface area contributed by atoms with Gasteiger partial charge in [-0.15, -0.1) is 0 Å². The fourth-order valence-corrected chi connectivity index (χ4v) is 1.91. The van der Waals surface area contributed by atoms with E-state index < -0.39 is 0 Å². The Morgan fingerprint density at radius 2 is 2.21 bits per heavy atom. The first-order chi connectivity index (χ1) is 6.76. The summed E-state index contributed by atoms with van der Waals surface area (Å²) in [6.07, 6.45) is 2.03. The highest BCUT2D eigenvalue weighted by Crippen LogP contribution is 2.26. The zero-order chi connectivity index (χ0) is 10.1. The van der Waals surface area contributed by atoms with Crippen molar-refractivity contribution in [3.63, 3.8) is 0 Å². The fourth-order valence-electron chi connectivity index (χ4n) is 1.91. The van der Waals surface area contributed by atoms with Gasteiger partial charge < -0.3 is 10.6 Å². The Hall–Kier alpha value is -1.16. The highest BCUT2D eigenvalue weighted by molar-refractivity contribution is 5.53. The van der Waals surface area contributed by atoms with Crippen molar-refractivity contribution in [2.24, 2.45) is 5.73 Å². The molecule has 0 radical (unpaired) electrons. The zero-order valence-electron chi connectivity index (χ0n) is 8.75. The van der Waals surface area contributed by atoms with E-state index in [9.17, 15) is 0 Å². The Morgan fingerprint density at radius 1 is 1.43 bits per heavy atom. The molecule has 0 aromatic carbocycles. The number of aromatic nitrogens is 2. The first-order valence-corrected chi connectivity index (χ1v) is 5.06. The van der Waals surface area contributed by atoms with Crippen LogP contribution < -0.4 is 10.6 Å². The van der Waals surface area contributed by atoms with Gasteiger partial charge in [0.05, 0.1) is 6.54 Å². The molecule has 0 fully saturated rings. The Bertz CT molecular complexity index is 348. The molecule has 0 saturated carbocycles. The number of hydrogen-bond acceptors (Lipinski definition) is 4. The van der Waals surface area contributed by atoms with Gasteiger partial charge in [0.2, 0.25) is 0 Å². The largest absolute Gasteiger partial charge is 0.359 e. The van der Waals surface area contributed by atoms with Crippen LogP contribution in [-0.4, -0.2) is 23.6 Å². The number of rotatable bonds is 2. The first kappa shape index (κ1) is 9.40. The molecule has 1 aliphatic rings. The third-order valence-electron chi connectivity index (χ3n) is 2.69. The number of hydrogen-bond donors (Lipinski definition) is 1. The lowest BCUT2D eigenvalue weighted by Crippen LogP contribution is -2.15. The molecule has 0 spiro atoms. The highest BCUT2D eigenvalue weighted by atomic mass is 15.2. The standard InChI is InChI=1S/C10H16N4/c1-3-8-7-4-5-14(2)10(7)13-9(6-11)12-8/h3-6,11H2,1-2H3. The minimum atomic E-state index is 0.425. The molecule has 1 aromatic heterocycles. The second kappa shape index (κ2) is 3.53. The Kier molecular flexibility index (Phi) is 2.37. The van der Waals surface area contributed by atoms with Gasteiger partial charge >= 0.3 is 0 Å². The average Bonchev–Trinajstić information content (AvgIpc) is 2.59. The maximum Gasteiger partial charge on any atom is 0.144 e. The van der Waals surface area contributed by atoms with Gasteiger partial charge in [-0.3, -0.25) is 0 Å². The second-order valence-corrected chi connectivity index (χ2v) is 3.62. The van der Waals surface area contributed by atoms with Crippen molar-refractivity contribution in [2.45, 2.75) is 26.3 Å². The zero-order valence-corrected chi connectivity index (χ0v) is 8.75. The number of nitrogens with zero attached hydrogens (tertiary/aromatic N) is 3. The summed E-state index contributed by atoms with van der Waals surface area (Å²) < 4.78 is 0. The predicted molar refractivity (Wildman–Crippen MR) is 56.3 cm³/mol. The van der Waals surface area contributed by atoms with Crippen molar-refractivity contribution in [2.75, 3.05) is 18.5 Å². The van der Waals surface area contributed by atoms with Gasteiger partial charge in [0.15, 0.2) is 0 Å². The van der Waals surface area contributed by atoms with E-state index in [2.05, 4.69) is 28.8 Å². The lowest BCUT2D eigenvalue weighted by molar-refractivity contribution is 0.856. The minimum Gasteiger partial charge on any atom is -0.359 e. The molecule has 1 aromatic rings. The van der Waals surface area contributed by atoms with Crippen LogP contribution >= 0.6 is 0 Å². The summed E-state index contributed by atoms with van der Waals surface area (Å²) in [6.45, 7) is 3.60. The fraction of sp³-hybridized carbons (Fsp3) is 0.600. The van der Waals surface area contributed by atoms with E-state index in [0.717, 1.165) is 31.0 Å². The SMILES string of the molecule is CCc1nc(CN)nc2c1CCN2C. The van der Waals surface area contributed by atoms with E-state index in [0.29, 0.717) is 6.54 Å². The molecule has 0 unspecified atom stereocenters. The summed E-state index contributed by atoms with van der Waals surface area (Å²) in [5, 5.41) is 0. The molecule has 0 atom stereocenters. The summed E-state index contributed by atoms with van der Waals surface area (Å²) in [6, 6.07) is 0. The van der Waals surface area contributed by atoms with Crippen LogP contribution in [0.5, 0.6) is 0 Å². The highest BCUT2D eigenvalue weighted by Gasteiger charge is 2.21. The van der Waals surface area contributed by atoms with E-state index in [-0.39, 0.29) is 0 Å². The first-order valence-electron chi connectivity index (χ1n) is 5.06. The molecule has 76 valence electrons. The molecule has 1 aliphatic heterocycles. The van der Waals surface area contributed by atoms with Crippen molar-refractivity contribution in [1.82, 2.24) is 9.97 Å². The summed E-state index contributed by atoms with van der Waals surface area (Å²) in [5.41, 5.74) is 8.05.